The summed E-state index contributed by atoms with van der Waals surface area (Å²) in [5.41, 5.74) is 0. The highest BCUT2D eigenvalue weighted by Crippen LogP contribution is 2.37. The number of hydrogen-bond acceptors (Lipinski definition) is 2. The molecule has 2 nitrogen and oxygen atoms in total. The highest BCUT2D eigenvalue weighted by atomic mass is 127. The van der Waals surface area contributed by atoms with Gasteiger partial charge in [-0.2, -0.15) is 0 Å². The molecule has 0 amide bonds. The van der Waals surface area contributed by atoms with E-state index in [9.17, 15) is 0 Å². The van der Waals surface area contributed by atoms with Gasteiger partial charge in [0.1, 0.15) is 1.93 Å². The third kappa shape index (κ3) is 1.75. The van der Waals surface area contributed by atoms with Crippen molar-refractivity contribution in [1.82, 2.24) is 0 Å². The van der Waals surface area contributed by atoms with Gasteiger partial charge >= 0.3 is 0 Å². The van der Waals surface area contributed by atoms with Crippen LogP contribution in [0.1, 0.15) is 12.8 Å². The Bertz CT molecular complexity index is 110. The van der Waals surface area contributed by atoms with E-state index in [1.807, 2.05) is 0 Å². The zero-order valence-corrected chi connectivity index (χ0v) is 10.1. The summed E-state index contributed by atoms with van der Waals surface area (Å²) in [7, 11) is 1.72. The van der Waals surface area contributed by atoms with Crippen molar-refractivity contribution in [2.45, 2.75) is 20.6 Å². The van der Waals surface area contributed by atoms with E-state index in [0.29, 0.717) is 1.93 Å². The van der Waals surface area contributed by atoms with E-state index >= 15 is 0 Å². The fourth-order valence-corrected chi connectivity index (χ4v) is 2.55. The molecule has 1 aliphatic heterocycles. The molecule has 10 heavy (non-hydrogen) atoms. The highest BCUT2D eigenvalue weighted by molar-refractivity contribution is 14.2. The second-order valence-electron chi connectivity index (χ2n) is 2.27. The Morgan fingerprint density at radius 2 is 2.30 bits per heavy atom. The second kappa shape index (κ2) is 3.86. The average Bonchev–Trinajstić information content (AvgIpc) is 2.35. The molecule has 1 saturated heterocycles. The van der Waals surface area contributed by atoms with Gasteiger partial charge < -0.3 is 9.47 Å². The highest BCUT2D eigenvalue weighted by Gasteiger charge is 2.40. The van der Waals surface area contributed by atoms with Gasteiger partial charge in [0.2, 0.25) is 0 Å². The fourth-order valence-electron chi connectivity index (χ4n) is 1.06. The van der Waals surface area contributed by atoms with Crippen LogP contribution in [0, 0.1) is 0 Å². The first-order valence-electron chi connectivity index (χ1n) is 3.18. The summed E-state index contributed by atoms with van der Waals surface area (Å²) in [4.78, 5) is 0. The Labute approximate surface area is 88.3 Å². The maximum Gasteiger partial charge on any atom is 0.188 e. The van der Waals surface area contributed by atoms with Crippen molar-refractivity contribution in [3.05, 3.63) is 0 Å². The summed E-state index contributed by atoms with van der Waals surface area (Å²) >= 11 is 4.67. The lowest BCUT2D eigenvalue weighted by Gasteiger charge is -2.28. The lowest BCUT2D eigenvalue weighted by Crippen LogP contribution is -2.36. The molecule has 1 heterocycles. The summed E-state index contributed by atoms with van der Waals surface area (Å²) in [5.74, 6) is -0.291. The molecule has 1 fully saturated rings. The van der Waals surface area contributed by atoms with Crippen LogP contribution in [0.25, 0.3) is 0 Å². The van der Waals surface area contributed by atoms with Crippen LogP contribution in [0.4, 0.5) is 0 Å². The van der Waals surface area contributed by atoms with E-state index in [-0.39, 0.29) is 5.79 Å². The molecule has 1 rings (SSSR count). The average molecular weight is 368 g/mol. The predicted octanol–water partition coefficient (Wildman–Crippen LogP) is 2.34. The Balaban J connectivity index is 2.58. The Morgan fingerprint density at radius 1 is 1.60 bits per heavy atom. The monoisotopic (exact) mass is 368 g/mol. The molecule has 0 aromatic rings. The van der Waals surface area contributed by atoms with Gasteiger partial charge in [-0.3, -0.25) is 0 Å². The molecule has 0 N–H and O–H groups in total. The molecule has 1 aliphatic rings. The van der Waals surface area contributed by atoms with Gasteiger partial charge in [0, 0.05) is 13.5 Å². The normalized spacial score (nSPS) is 33.6. The van der Waals surface area contributed by atoms with Crippen LogP contribution < -0.4 is 0 Å². The molecule has 4 heteroatoms. The molecule has 0 aliphatic carbocycles. The van der Waals surface area contributed by atoms with Crippen LogP contribution in [0.15, 0.2) is 0 Å². The van der Waals surface area contributed by atoms with Crippen LogP contribution in [0.5, 0.6) is 0 Å². The molecule has 1 atom stereocenters. The van der Waals surface area contributed by atoms with E-state index in [1.54, 1.807) is 7.11 Å². The summed E-state index contributed by atoms with van der Waals surface area (Å²) in [6, 6.07) is 0. The smallest absolute Gasteiger partial charge is 0.188 e. The standard InChI is InChI=1S/C6H10I2O2/c1-9-6(5(7)8)3-2-4-10-6/h5H,2-4H2,1H3. The molecule has 60 valence electrons. The lowest BCUT2D eigenvalue weighted by molar-refractivity contribution is -0.175. The van der Waals surface area contributed by atoms with E-state index in [2.05, 4.69) is 45.2 Å². The first-order chi connectivity index (χ1) is 4.71. The van der Waals surface area contributed by atoms with Crippen molar-refractivity contribution in [3.63, 3.8) is 0 Å². The van der Waals surface area contributed by atoms with Crippen molar-refractivity contribution in [2.24, 2.45) is 0 Å². The van der Waals surface area contributed by atoms with Crippen LogP contribution in [0.3, 0.4) is 0 Å². The SMILES string of the molecule is COC1(C(I)I)CCCO1. The maximum absolute atomic E-state index is 5.51. The molecule has 0 aromatic carbocycles. The molecular formula is C6H10I2O2. The summed E-state index contributed by atoms with van der Waals surface area (Å²) in [6.07, 6.45) is 2.15. The van der Waals surface area contributed by atoms with E-state index in [1.165, 1.54) is 0 Å². The summed E-state index contributed by atoms with van der Waals surface area (Å²) < 4.78 is 11.2. The number of halogens is 2. The first-order valence-corrected chi connectivity index (χ1v) is 5.68. The zero-order chi connectivity index (χ0) is 7.61. The molecule has 0 aromatic heterocycles. The Kier molecular flexibility index (Phi) is 3.66. The zero-order valence-electron chi connectivity index (χ0n) is 5.77. The van der Waals surface area contributed by atoms with E-state index < -0.39 is 0 Å². The number of ether oxygens (including phenoxy) is 2. The predicted molar refractivity (Wildman–Crippen MR) is 56.8 cm³/mol. The summed E-state index contributed by atoms with van der Waals surface area (Å²) in [5, 5.41) is 0. The number of methoxy groups -OCH3 is 1. The number of rotatable bonds is 2. The van der Waals surface area contributed by atoms with Crippen molar-refractivity contribution in [3.8, 4) is 0 Å². The van der Waals surface area contributed by atoms with Crippen LogP contribution >= 0.6 is 45.2 Å². The van der Waals surface area contributed by atoms with Gasteiger partial charge in [-0.1, -0.05) is 45.2 Å². The lowest BCUT2D eigenvalue weighted by atomic mass is 10.2. The van der Waals surface area contributed by atoms with Crippen molar-refractivity contribution in [1.29, 1.82) is 0 Å². The van der Waals surface area contributed by atoms with Crippen molar-refractivity contribution < 1.29 is 9.47 Å². The minimum atomic E-state index is -0.291. The Hall–Kier alpha value is 1.38. The van der Waals surface area contributed by atoms with Gasteiger partial charge in [0.05, 0.1) is 6.61 Å². The third-order valence-electron chi connectivity index (χ3n) is 1.69. The molecule has 0 bridgehead atoms. The molecule has 0 spiro atoms. The quantitative estimate of drug-likeness (QED) is 0.551. The minimum Gasteiger partial charge on any atom is -0.351 e. The fraction of sp³-hybridized carbons (Fsp3) is 1.00. The van der Waals surface area contributed by atoms with Gasteiger partial charge in [-0.15, -0.1) is 0 Å². The topological polar surface area (TPSA) is 18.5 Å². The van der Waals surface area contributed by atoms with Gasteiger partial charge in [-0.25, -0.2) is 0 Å². The summed E-state index contributed by atoms with van der Waals surface area (Å²) in [6.45, 7) is 0.844. The molecule has 0 saturated carbocycles. The maximum atomic E-state index is 5.51. The number of hydrogen-bond donors (Lipinski definition) is 0. The van der Waals surface area contributed by atoms with Crippen LogP contribution in [0.2, 0.25) is 0 Å². The van der Waals surface area contributed by atoms with E-state index in [0.717, 1.165) is 19.4 Å². The molecular weight excluding hydrogens is 358 g/mol. The van der Waals surface area contributed by atoms with Crippen molar-refractivity contribution >= 4 is 45.2 Å². The van der Waals surface area contributed by atoms with Gasteiger partial charge in [0.25, 0.3) is 0 Å². The van der Waals surface area contributed by atoms with Crippen molar-refractivity contribution in [2.75, 3.05) is 13.7 Å². The Morgan fingerprint density at radius 3 is 2.50 bits per heavy atom. The largest absolute Gasteiger partial charge is 0.351 e. The van der Waals surface area contributed by atoms with E-state index in [4.69, 9.17) is 9.47 Å². The first kappa shape index (κ1) is 9.47. The second-order valence-corrected chi connectivity index (χ2v) is 7.14. The number of alkyl halides is 2. The minimum absolute atomic E-state index is 0.291. The van der Waals surface area contributed by atoms with Gasteiger partial charge in [0.15, 0.2) is 5.79 Å². The van der Waals surface area contributed by atoms with Crippen LogP contribution in [-0.4, -0.2) is 21.4 Å². The molecule has 0 radical (unpaired) electrons. The third-order valence-corrected chi connectivity index (χ3v) is 3.59. The van der Waals surface area contributed by atoms with Gasteiger partial charge in [-0.05, 0) is 6.42 Å². The molecule has 1 unspecified atom stereocenters. The van der Waals surface area contributed by atoms with Crippen LogP contribution in [-0.2, 0) is 9.47 Å².